The SMILES string of the molecule is O=C(NCc1cnc[nH]1)C1(c2cccnc2)CCCC1. The molecule has 2 aromatic rings. The summed E-state index contributed by atoms with van der Waals surface area (Å²) >= 11 is 0. The van der Waals surface area contributed by atoms with E-state index >= 15 is 0 Å². The molecule has 2 aromatic heterocycles. The third-order valence-corrected chi connectivity index (χ3v) is 4.10. The van der Waals surface area contributed by atoms with Crippen LogP contribution < -0.4 is 5.32 Å². The highest BCUT2D eigenvalue weighted by molar-refractivity contribution is 5.88. The monoisotopic (exact) mass is 270 g/mol. The van der Waals surface area contributed by atoms with E-state index in [0.717, 1.165) is 36.9 Å². The number of nitrogens with zero attached hydrogens (tertiary/aromatic N) is 2. The minimum atomic E-state index is -0.408. The first-order valence-corrected chi connectivity index (χ1v) is 6.97. The molecule has 20 heavy (non-hydrogen) atoms. The summed E-state index contributed by atoms with van der Waals surface area (Å²) in [6.07, 6.45) is 10.9. The van der Waals surface area contributed by atoms with E-state index in [9.17, 15) is 4.79 Å². The number of imidazole rings is 1. The van der Waals surface area contributed by atoms with Crippen molar-refractivity contribution in [2.45, 2.75) is 37.6 Å². The zero-order chi connectivity index (χ0) is 13.8. The number of rotatable bonds is 4. The van der Waals surface area contributed by atoms with Gasteiger partial charge in [0, 0.05) is 18.6 Å². The Balaban J connectivity index is 1.78. The normalized spacial score (nSPS) is 17.0. The highest BCUT2D eigenvalue weighted by Gasteiger charge is 2.42. The van der Waals surface area contributed by atoms with E-state index in [1.165, 1.54) is 0 Å². The standard InChI is InChI=1S/C15H18N4O/c20-14(18-10-13-9-17-11-19-13)15(5-1-2-6-15)12-4-3-7-16-8-12/h3-4,7-9,11H,1-2,5-6,10H2,(H,17,19)(H,18,20). The molecule has 0 bridgehead atoms. The van der Waals surface area contributed by atoms with Crippen LogP contribution in [0.3, 0.4) is 0 Å². The maximum Gasteiger partial charge on any atom is 0.231 e. The Bertz CT molecular complexity index is 559. The molecule has 1 fully saturated rings. The summed E-state index contributed by atoms with van der Waals surface area (Å²) in [4.78, 5) is 23.8. The summed E-state index contributed by atoms with van der Waals surface area (Å²) in [6.45, 7) is 0.487. The van der Waals surface area contributed by atoms with Crippen LogP contribution in [0.15, 0.2) is 37.1 Å². The van der Waals surface area contributed by atoms with E-state index in [0.29, 0.717) is 6.54 Å². The minimum Gasteiger partial charge on any atom is -0.350 e. The van der Waals surface area contributed by atoms with Crippen molar-refractivity contribution in [2.75, 3.05) is 0 Å². The van der Waals surface area contributed by atoms with Crippen LogP contribution in [0.2, 0.25) is 0 Å². The molecule has 0 spiro atoms. The molecule has 5 heteroatoms. The summed E-state index contributed by atoms with van der Waals surface area (Å²) < 4.78 is 0. The first-order valence-electron chi connectivity index (χ1n) is 6.97. The molecule has 1 saturated carbocycles. The Morgan fingerprint density at radius 1 is 1.30 bits per heavy atom. The van der Waals surface area contributed by atoms with Crippen LogP contribution in [-0.2, 0) is 16.8 Å². The third kappa shape index (κ3) is 2.31. The molecule has 0 aliphatic heterocycles. The number of pyridine rings is 1. The Hall–Kier alpha value is -2.17. The number of H-pyrrole nitrogens is 1. The number of nitrogens with one attached hydrogen (secondary N) is 2. The van der Waals surface area contributed by atoms with E-state index < -0.39 is 5.41 Å². The summed E-state index contributed by atoms with van der Waals surface area (Å²) in [7, 11) is 0. The van der Waals surface area contributed by atoms with E-state index in [-0.39, 0.29) is 5.91 Å². The van der Waals surface area contributed by atoms with Crippen LogP contribution in [0.25, 0.3) is 0 Å². The molecule has 5 nitrogen and oxygen atoms in total. The summed E-state index contributed by atoms with van der Waals surface area (Å²) in [5.41, 5.74) is 1.53. The van der Waals surface area contributed by atoms with Crippen molar-refractivity contribution in [1.29, 1.82) is 0 Å². The van der Waals surface area contributed by atoms with Gasteiger partial charge in [0.2, 0.25) is 5.91 Å². The predicted octanol–water partition coefficient (Wildman–Crippen LogP) is 1.93. The lowest BCUT2D eigenvalue weighted by atomic mass is 9.78. The smallest absolute Gasteiger partial charge is 0.231 e. The number of aromatic nitrogens is 3. The number of carbonyl (C=O) groups is 1. The molecule has 2 N–H and O–H groups in total. The van der Waals surface area contributed by atoms with Crippen molar-refractivity contribution >= 4 is 5.91 Å². The molecule has 3 rings (SSSR count). The fourth-order valence-corrected chi connectivity index (χ4v) is 3.00. The van der Waals surface area contributed by atoms with Crippen LogP contribution in [-0.4, -0.2) is 20.9 Å². The van der Waals surface area contributed by atoms with E-state index in [2.05, 4.69) is 20.3 Å². The van der Waals surface area contributed by atoms with Crippen molar-refractivity contribution in [1.82, 2.24) is 20.3 Å². The maximum absolute atomic E-state index is 12.7. The van der Waals surface area contributed by atoms with Gasteiger partial charge in [-0.1, -0.05) is 18.9 Å². The number of hydrogen-bond acceptors (Lipinski definition) is 3. The van der Waals surface area contributed by atoms with Gasteiger partial charge in [-0.15, -0.1) is 0 Å². The minimum absolute atomic E-state index is 0.0950. The van der Waals surface area contributed by atoms with Gasteiger partial charge >= 0.3 is 0 Å². The number of carbonyl (C=O) groups excluding carboxylic acids is 1. The fourth-order valence-electron chi connectivity index (χ4n) is 3.00. The molecule has 0 radical (unpaired) electrons. The van der Waals surface area contributed by atoms with E-state index in [1.807, 2.05) is 18.3 Å². The predicted molar refractivity (Wildman–Crippen MR) is 74.8 cm³/mol. The summed E-state index contributed by atoms with van der Waals surface area (Å²) in [5.74, 6) is 0.0950. The van der Waals surface area contributed by atoms with Gasteiger partial charge in [-0.3, -0.25) is 9.78 Å². The van der Waals surface area contributed by atoms with Crippen molar-refractivity contribution in [3.05, 3.63) is 48.3 Å². The maximum atomic E-state index is 12.7. The molecule has 0 unspecified atom stereocenters. The Morgan fingerprint density at radius 2 is 2.15 bits per heavy atom. The average Bonchev–Trinajstić information content (AvgIpc) is 3.18. The summed E-state index contributed by atoms with van der Waals surface area (Å²) in [6, 6.07) is 3.91. The van der Waals surface area contributed by atoms with Gasteiger partial charge in [0.15, 0.2) is 0 Å². The van der Waals surface area contributed by atoms with Crippen LogP contribution in [0.4, 0.5) is 0 Å². The van der Waals surface area contributed by atoms with Crippen LogP contribution in [0, 0.1) is 0 Å². The van der Waals surface area contributed by atoms with Crippen LogP contribution >= 0.6 is 0 Å². The Morgan fingerprint density at radius 3 is 2.80 bits per heavy atom. The fraction of sp³-hybridized carbons (Fsp3) is 0.400. The van der Waals surface area contributed by atoms with Gasteiger partial charge in [-0.2, -0.15) is 0 Å². The second-order valence-electron chi connectivity index (χ2n) is 5.29. The van der Waals surface area contributed by atoms with Gasteiger partial charge in [0.25, 0.3) is 0 Å². The molecule has 0 aromatic carbocycles. The van der Waals surface area contributed by atoms with Gasteiger partial charge in [0.05, 0.1) is 24.0 Å². The molecule has 104 valence electrons. The highest BCUT2D eigenvalue weighted by atomic mass is 16.2. The summed E-state index contributed by atoms with van der Waals surface area (Å²) in [5, 5.41) is 3.03. The first kappa shape index (κ1) is 12.8. The second-order valence-corrected chi connectivity index (χ2v) is 5.29. The van der Waals surface area contributed by atoms with Gasteiger partial charge < -0.3 is 10.3 Å². The second kappa shape index (κ2) is 5.45. The molecule has 1 amide bonds. The Kier molecular flexibility index (Phi) is 3.50. The highest BCUT2D eigenvalue weighted by Crippen LogP contribution is 2.41. The first-order chi connectivity index (χ1) is 9.81. The quantitative estimate of drug-likeness (QED) is 0.891. The lowest BCUT2D eigenvalue weighted by molar-refractivity contribution is -0.126. The van der Waals surface area contributed by atoms with Gasteiger partial charge in [-0.05, 0) is 24.5 Å². The molecule has 1 aliphatic rings. The number of aromatic amines is 1. The van der Waals surface area contributed by atoms with E-state index in [4.69, 9.17) is 0 Å². The van der Waals surface area contributed by atoms with Crippen LogP contribution in [0.1, 0.15) is 36.9 Å². The topological polar surface area (TPSA) is 70.7 Å². The van der Waals surface area contributed by atoms with Crippen molar-refractivity contribution < 1.29 is 4.79 Å². The van der Waals surface area contributed by atoms with Gasteiger partial charge in [0.1, 0.15) is 0 Å². The molecule has 0 atom stereocenters. The lowest BCUT2D eigenvalue weighted by Crippen LogP contribution is -2.42. The number of amides is 1. The lowest BCUT2D eigenvalue weighted by Gasteiger charge is -2.27. The van der Waals surface area contributed by atoms with E-state index in [1.54, 1.807) is 18.7 Å². The molecular formula is C15H18N4O. The third-order valence-electron chi connectivity index (χ3n) is 4.10. The van der Waals surface area contributed by atoms with Crippen molar-refractivity contribution in [2.24, 2.45) is 0 Å². The largest absolute Gasteiger partial charge is 0.350 e. The Labute approximate surface area is 117 Å². The van der Waals surface area contributed by atoms with Crippen LogP contribution in [0.5, 0.6) is 0 Å². The number of hydrogen-bond donors (Lipinski definition) is 2. The molecule has 2 heterocycles. The zero-order valence-corrected chi connectivity index (χ0v) is 11.3. The van der Waals surface area contributed by atoms with Gasteiger partial charge in [-0.25, -0.2) is 4.98 Å². The van der Waals surface area contributed by atoms with Crippen molar-refractivity contribution in [3.8, 4) is 0 Å². The average molecular weight is 270 g/mol. The molecule has 0 saturated heterocycles. The molecule has 1 aliphatic carbocycles. The zero-order valence-electron chi connectivity index (χ0n) is 11.3. The molecular weight excluding hydrogens is 252 g/mol. The van der Waals surface area contributed by atoms with Crippen molar-refractivity contribution in [3.63, 3.8) is 0 Å².